The zero-order chi connectivity index (χ0) is 19.3. The second-order valence-electron chi connectivity index (χ2n) is 6.46. The number of aromatic nitrogens is 4. The van der Waals surface area contributed by atoms with Gasteiger partial charge in [0.25, 0.3) is 0 Å². The van der Waals surface area contributed by atoms with E-state index in [1.54, 1.807) is 20.3 Å². The summed E-state index contributed by atoms with van der Waals surface area (Å²) in [4.78, 5) is 20.0. The van der Waals surface area contributed by atoms with Gasteiger partial charge in [0, 0.05) is 30.9 Å². The Kier molecular flexibility index (Phi) is 5.18. The summed E-state index contributed by atoms with van der Waals surface area (Å²) in [5.41, 5.74) is 2.00. The standard InChI is InChI=1S/C20H22N6O2/c1-27-17-12-18(28-2)25-19(24-17)22-15-9-11-26(13-15)20-21-10-8-16(23-20)14-6-4-3-5-7-14/h3-8,10,12,15H,9,11,13H2,1-2H3,(H,22,24,25). The summed E-state index contributed by atoms with van der Waals surface area (Å²) in [5, 5.41) is 3.36. The summed E-state index contributed by atoms with van der Waals surface area (Å²) in [6.45, 7) is 1.62. The van der Waals surface area contributed by atoms with Crippen LogP contribution in [0.5, 0.6) is 11.8 Å². The Bertz CT molecular complexity index is 915. The molecule has 144 valence electrons. The molecule has 3 heterocycles. The van der Waals surface area contributed by atoms with Crippen molar-refractivity contribution in [2.75, 3.05) is 37.5 Å². The van der Waals surface area contributed by atoms with E-state index < -0.39 is 0 Å². The van der Waals surface area contributed by atoms with Crippen molar-refractivity contribution in [2.45, 2.75) is 12.5 Å². The smallest absolute Gasteiger partial charge is 0.229 e. The molecule has 0 amide bonds. The van der Waals surface area contributed by atoms with Gasteiger partial charge in [0.15, 0.2) is 0 Å². The molecule has 0 saturated carbocycles. The first-order chi connectivity index (χ1) is 13.7. The van der Waals surface area contributed by atoms with Crippen LogP contribution in [0.1, 0.15) is 6.42 Å². The van der Waals surface area contributed by atoms with Crippen molar-refractivity contribution < 1.29 is 9.47 Å². The highest BCUT2D eigenvalue weighted by atomic mass is 16.5. The van der Waals surface area contributed by atoms with E-state index in [-0.39, 0.29) is 6.04 Å². The van der Waals surface area contributed by atoms with E-state index in [9.17, 15) is 0 Å². The normalized spacial score (nSPS) is 16.1. The number of hydrogen-bond acceptors (Lipinski definition) is 8. The number of nitrogens with zero attached hydrogens (tertiary/aromatic N) is 5. The molecule has 0 aliphatic carbocycles. The van der Waals surface area contributed by atoms with Gasteiger partial charge in [-0.15, -0.1) is 0 Å². The van der Waals surface area contributed by atoms with Crippen molar-refractivity contribution in [1.29, 1.82) is 0 Å². The Morgan fingerprint density at radius 2 is 1.75 bits per heavy atom. The molecule has 0 spiro atoms. The molecule has 2 aromatic heterocycles. The lowest BCUT2D eigenvalue weighted by Crippen LogP contribution is -2.28. The fourth-order valence-corrected chi connectivity index (χ4v) is 3.19. The average Bonchev–Trinajstić information content (AvgIpc) is 3.22. The third kappa shape index (κ3) is 3.95. The maximum Gasteiger partial charge on any atom is 0.229 e. The molecule has 1 aromatic carbocycles. The predicted molar refractivity (Wildman–Crippen MR) is 107 cm³/mol. The molecule has 4 rings (SSSR count). The van der Waals surface area contributed by atoms with Crippen molar-refractivity contribution >= 4 is 11.9 Å². The SMILES string of the molecule is COc1cc(OC)nc(NC2CCN(c3nccc(-c4ccccc4)n3)C2)n1. The molecule has 0 radical (unpaired) electrons. The van der Waals surface area contributed by atoms with Gasteiger partial charge in [-0.25, -0.2) is 9.97 Å². The van der Waals surface area contributed by atoms with Crippen LogP contribution in [0.4, 0.5) is 11.9 Å². The minimum absolute atomic E-state index is 0.181. The summed E-state index contributed by atoms with van der Waals surface area (Å²) in [6, 6.07) is 13.9. The second kappa shape index (κ2) is 8.08. The number of hydrogen-bond donors (Lipinski definition) is 1. The van der Waals surface area contributed by atoms with E-state index in [1.165, 1.54) is 0 Å². The first-order valence-corrected chi connectivity index (χ1v) is 9.12. The quantitative estimate of drug-likeness (QED) is 0.701. The molecule has 28 heavy (non-hydrogen) atoms. The summed E-state index contributed by atoms with van der Waals surface area (Å²) in [5.74, 6) is 2.14. The lowest BCUT2D eigenvalue weighted by atomic mass is 10.1. The van der Waals surface area contributed by atoms with E-state index in [1.807, 2.05) is 42.6 Å². The van der Waals surface area contributed by atoms with Crippen molar-refractivity contribution in [3.05, 3.63) is 48.7 Å². The maximum absolute atomic E-state index is 5.21. The van der Waals surface area contributed by atoms with Crippen LogP contribution >= 0.6 is 0 Å². The Morgan fingerprint density at radius 1 is 1.00 bits per heavy atom. The zero-order valence-corrected chi connectivity index (χ0v) is 15.9. The van der Waals surface area contributed by atoms with Gasteiger partial charge < -0.3 is 19.7 Å². The molecule has 8 heteroatoms. The molecule has 1 N–H and O–H groups in total. The number of nitrogens with one attached hydrogen (secondary N) is 1. The van der Waals surface area contributed by atoms with Crippen molar-refractivity contribution in [3.63, 3.8) is 0 Å². The zero-order valence-electron chi connectivity index (χ0n) is 15.9. The molecule has 1 aliphatic rings. The van der Waals surface area contributed by atoms with E-state index in [0.717, 1.165) is 36.7 Å². The van der Waals surface area contributed by atoms with Gasteiger partial charge in [-0.3, -0.25) is 0 Å². The molecule has 1 aliphatic heterocycles. The van der Waals surface area contributed by atoms with Crippen LogP contribution in [0.2, 0.25) is 0 Å². The first kappa shape index (κ1) is 18.0. The lowest BCUT2D eigenvalue weighted by Gasteiger charge is -2.17. The predicted octanol–water partition coefficient (Wildman–Crippen LogP) is 2.64. The van der Waals surface area contributed by atoms with Crippen LogP contribution in [0.3, 0.4) is 0 Å². The average molecular weight is 378 g/mol. The van der Waals surface area contributed by atoms with Gasteiger partial charge in [0.1, 0.15) is 0 Å². The topological polar surface area (TPSA) is 85.3 Å². The van der Waals surface area contributed by atoms with Gasteiger partial charge in [0.05, 0.1) is 26.0 Å². The summed E-state index contributed by atoms with van der Waals surface area (Å²) in [6.07, 6.45) is 2.74. The molecule has 0 bridgehead atoms. The van der Waals surface area contributed by atoms with E-state index >= 15 is 0 Å². The van der Waals surface area contributed by atoms with Gasteiger partial charge >= 0.3 is 0 Å². The molecule has 1 saturated heterocycles. The summed E-state index contributed by atoms with van der Waals surface area (Å²) < 4.78 is 10.4. The fourth-order valence-electron chi connectivity index (χ4n) is 3.19. The Labute approximate surface area is 163 Å². The number of anilines is 2. The van der Waals surface area contributed by atoms with E-state index in [2.05, 4.69) is 25.2 Å². The molecule has 3 aromatic rings. The highest BCUT2D eigenvalue weighted by Crippen LogP contribution is 2.23. The molecule has 1 atom stereocenters. The largest absolute Gasteiger partial charge is 0.481 e. The number of rotatable bonds is 6. The maximum atomic E-state index is 5.21. The second-order valence-corrected chi connectivity index (χ2v) is 6.46. The third-order valence-corrected chi connectivity index (χ3v) is 4.61. The van der Waals surface area contributed by atoms with Gasteiger partial charge in [-0.1, -0.05) is 30.3 Å². The van der Waals surface area contributed by atoms with Crippen LogP contribution < -0.4 is 19.7 Å². The van der Waals surface area contributed by atoms with Gasteiger partial charge in [-0.2, -0.15) is 9.97 Å². The van der Waals surface area contributed by atoms with Crippen molar-refractivity contribution in [1.82, 2.24) is 19.9 Å². The molecule has 1 fully saturated rings. The lowest BCUT2D eigenvalue weighted by molar-refractivity contribution is 0.372. The molecular formula is C20H22N6O2. The molecule has 1 unspecified atom stereocenters. The number of benzene rings is 1. The van der Waals surface area contributed by atoms with Crippen molar-refractivity contribution in [2.24, 2.45) is 0 Å². The highest BCUT2D eigenvalue weighted by molar-refractivity contribution is 5.60. The van der Waals surface area contributed by atoms with Gasteiger partial charge in [0.2, 0.25) is 23.7 Å². The molecular weight excluding hydrogens is 356 g/mol. The van der Waals surface area contributed by atoms with Gasteiger partial charge in [-0.05, 0) is 12.5 Å². The summed E-state index contributed by atoms with van der Waals surface area (Å²) >= 11 is 0. The van der Waals surface area contributed by atoms with Crippen LogP contribution in [-0.2, 0) is 0 Å². The monoisotopic (exact) mass is 378 g/mol. The Hall–Kier alpha value is -3.42. The van der Waals surface area contributed by atoms with Crippen molar-refractivity contribution in [3.8, 4) is 23.0 Å². The third-order valence-electron chi connectivity index (χ3n) is 4.61. The van der Waals surface area contributed by atoms with Crippen LogP contribution in [-0.4, -0.2) is 53.3 Å². The highest BCUT2D eigenvalue weighted by Gasteiger charge is 2.25. The van der Waals surface area contributed by atoms with E-state index in [4.69, 9.17) is 14.5 Å². The number of methoxy groups -OCH3 is 2. The van der Waals surface area contributed by atoms with Crippen LogP contribution in [0.15, 0.2) is 48.7 Å². The van der Waals surface area contributed by atoms with Crippen LogP contribution in [0.25, 0.3) is 11.3 Å². The van der Waals surface area contributed by atoms with Crippen LogP contribution in [0, 0.1) is 0 Å². The molecule has 8 nitrogen and oxygen atoms in total. The first-order valence-electron chi connectivity index (χ1n) is 9.12. The number of ether oxygens (including phenoxy) is 2. The Balaban J connectivity index is 1.46. The minimum Gasteiger partial charge on any atom is -0.481 e. The minimum atomic E-state index is 0.181. The Morgan fingerprint density at radius 3 is 2.46 bits per heavy atom. The fraction of sp³-hybridized carbons (Fsp3) is 0.300. The summed E-state index contributed by atoms with van der Waals surface area (Å²) in [7, 11) is 3.14. The van der Waals surface area contributed by atoms with E-state index in [0.29, 0.717) is 17.7 Å².